The summed E-state index contributed by atoms with van der Waals surface area (Å²) in [6, 6.07) is 1.19. The van der Waals surface area contributed by atoms with Gasteiger partial charge in [0.05, 0.1) is 0 Å². The Kier molecular flexibility index (Phi) is 2.56. The van der Waals surface area contributed by atoms with Gasteiger partial charge in [-0.2, -0.15) is 0 Å². The molecule has 1 aliphatic heterocycles. The summed E-state index contributed by atoms with van der Waals surface area (Å²) < 4.78 is 5.23. The van der Waals surface area contributed by atoms with Gasteiger partial charge in [-0.05, 0) is 19.8 Å². The van der Waals surface area contributed by atoms with Crippen LogP contribution in [-0.2, 0) is 0 Å². The molecule has 1 saturated heterocycles. The van der Waals surface area contributed by atoms with Crippen LogP contribution < -0.4 is 10.6 Å². The molecule has 2 heterocycles. The first kappa shape index (κ1) is 9.30. The summed E-state index contributed by atoms with van der Waals surface area (Å²) in [7, 11) is 0. The van der Waals surface area contributed by atoms with Gasteiger partial charge in [0.15, 0.2) is 0 Å². The van der Waals surface area contributed by atoms with Crippen LogP contribution in [0, 0.1) is 0 Å². The second-order valence-corrected chi connectivity index (χ2v) is 3.81. The van der Waals surface area contributed by atoms with E-state index in [-0.39, 0.29) is 6.01 Å². The van der Waals surface area contributed by atoms with Crippen LogP contribution in [0.15, 0.2) is 4.42 Å². The van der Waals surface area contributed by atoms with Gasteiger partial charge < -0.3 is 15.1 Å². The van der Waals surface area contributed by atoms with Crippen molar-refractivity contribution in [2.24, 2.45) is 0 Å². The van der Waals surface area contributed by atoms with Gasteiger partial charge in [0.2, 0.25) is 0 Å². The molecule has 0 amide bonds. The number of nitrogen functional groups attached to an aromatic ring is 1. The van der Waals surface area contributed by atoms with Crippen molar-refractivity contribution in [1.82, 2.24) is 10.2 Å². The molecule has 5 nitrogen and oxygen atoms in total. The Balaban J connectivity index is 2.14. The van der Waals surface area contributed by atoms with E-state index in [1.165, 1.54) is 25.7 Å². The van der Waals surface area contributed by atoms with Gasteiger partial charge in [0.1, 0.15) is 0 Å². The molecule has 2 rings (SSSR count). The first-order chi connectivity index (χ1) is 6.77. The second-order valence-electron chi connectivity index (χ2n) is 3.81. The Morgan fingerprint density at radius 2 is 2.21 bits per heavy atom. The van der Waals surface area contributed by atoms with Gasteiger partial charge in [0.25, 0.3) is 0 Å². The third-order valence-corrected chi connectivity index (χ3v) is 2.73. The quantitative estimate of drug-likeness (QED) is 0.735. The Morgan fingerprint density at radius 1 is 1.36 bits per heavy atom. The SMILES string of the molecule is CC1CCCCCN1c1nnc(N)o1. The number of hydrogen-bond acceptors (Lipinski definition) is 5. The Morgan fingerprint density at radius 3 is 2.93 bits per heavy atom. The van der Waals surface area contributed by atoms with E-state index in [9.17, 15) is 0 Å². The van der Waals surface area contributed by atoms with Crippen molar-refractivity contribution in [3.8, 4) is 0 Å². The summed E-state index contributed by atoms with van der Waals surface area (Å²) in [4.78, 5) is 2.15. The molecular formula is C9H16N4O. The summed E-state index contributed by atoms with van der Waals surface area (Å²) in [6.07, 6.45) is 4.93. The highest BCUT2D eigenvalue weighted by Crippen LogP contribution is 2.22. The van der Waals surface area contributed by atoms with Crippen LogP contribution >= 0.6 is 0 Å². The van der Waals surface area contributed by atoms with Crippen LogP contribution in [0.5, 0.6) is 0 Å². The third-order valence-electron chi connectivity index (χ3n) is 2.73. The van der Waals surface area contributed by atoms with Crippen molar-refractivity contribution in [2.45, 2.75) is 38.6 Å². The maximum absolute atomic E-state index is 5.40. The van der Waals surface area contributed by atoms with Crippen LogP contribution in [0.2, 0.25) is 0 Å². The summed E-state index contributed by atoms with van der Waals surface area (Å²) in [6.45, 7) is 3.18. The maximum atomic E-state index is 5.40. The lowest BCUT2D eigenvalue weighted by atomic mass is 10.1. The number of anilines is 2. The molecule has 0 bridgehead atoms. The summed E-state index contributed by atoms with van der Waals surface area (Å²) in [5.74, 6) is 0. The predicted molar refractivity (Wildman–Crippen MR) is 54.0 cm³/mol. The fraction of sp³-hybridized carbons (Fsp3) is 0.778. The normalized spacial score (nSPS) is 23.5. The molecule has 1 aliphatic rings. The van der Waals surface area contributed by atoms with Crippen LogP contribution in [0.4, 0.5) is 12.0 Å². The van der Waals surface area contributed by atoms with Crippen molar-refractivity contribution >= 4 is 12.0 Å². The Hall–Kier alpha value is -1.26. The fourth-order valence-corrected chi connectivity index (χ4v) is 1.90. The fourth-order valence-electron chi connectivity index (χ4n) is 1.90. The van der Waals surface area contributed by atoms with Crippen molar-refractivity contribution < 1.29 is 4.42 Å². The molecule has 1 aromatic heterocycles. The highest BCUT2D eigenvalue weighted by atomic mass is 16.4. The van der Waals surface area contributed by atoms with Crippen LogP contribution in [0.25, 0.3) is 0 Å². The molecule has 1 unspecified atom stereocenters. The molecular weight excluding hydrogens is 180 g/mol. The van der Waals surface area contributed by atoms with E-state index in [4.69, 9.17) is 10.2 Å². The molecule has 1 atom stereocenters. The van der Waals surface area contributed by atoms with Crippen LogP contribution in [0.3, 0.4) is 0 Å². The van der Waals surface area contributed by atoms with E-state index < -0.39 is 0 Å². The lowest BCUT2D eigenvalue weighted by molar-refractivity contribution is 0.511. The van der Waals surface area contributed by atoms with Crippen molar-refractivity contribution in [3.05, 3.63) is 0 Å². The van der Waals surface area contributed by atoms with Gasteiger partial charge in [0, 0.05) is 12.6 Å². The molecule has 0 spiro atoms. The molecule has 2 N–H and O–H groups in total. The molecule has 0 aromatic carbocycles. The monoisotopic (exact) mass is 196 g/mol. The zero-order valence-electron chi connectivity index (χ0n) is 8.44. The first-order valence-electron chi connectivity index (χ1n) is 5.13. The predicted octanol–water partition coefficient (Wildman–Crippen LogP) is 1.42. The van der Waals surface area contributed by atoms with E-state index in [0.29, 0.717) is 12.1 Å². The molecule has 1 aromatic rings. The topological polar surface area (TPSA) is 68.2 Å². The van der Waals surface area contributed by atoms with E-state index in [2.05, 4.69) is 22.0 Å². The number of nitrogens with zero attached hydrogens (tertiary/aromatic N) is 3. The average Bonchev–Trinajstić information content (AvgIpc) is 2.46. The molecule has 14 heavy (non-hydrogen) atoms. The maximum Gasteiger partial charge on any atom is 0.319 e. The van der Waals surface area contributed by atoms with Crippen LogP contribution in [0.1, 0.15) is 32.6 Å². The zero-order chi connectivity index (χ0) is 9.97. The second kappa shape index (κ2) is 3.86. The largest absolute Gasteiger partial charge is 0.390 e. The molecule has 5 heteroatoms. The average molecular weight is 196 g/mol. The van der Waals surface area contributed by atoms with E-state index in [1.54, 1.807) is 0 Å². The van der Waals surface area contributed by atoms with E-state index in [1.807, 2.05) is 0 Å². The smallest absolute Gasteiger partial charge is 0.319 e. The minimum Gasteiger partial charge on any atom is -0.390 e. The molecule has 0 radical (unpaired) electrons. The van der Waals surface area contributed by atoms with Gasteiger partial charge in [-0.25, -0.2) is 0 Å². The minimum absolute atomic E-state index is 0.149. The Bertz CT molecular complexity index is 299. The van der Waals surface area contributed by atoms with Gasteiger partial charge in [-0.3, -0.25) is 0 Å². The van der Waals surface area contributed by atoms with Crippen molar-refractivity contribution in [1.29, 1.82) is 0 Å². The molecule has 0 saturated carbocycles. The Labute approximate surface area is 83.3 Å². The molecule has 78 valence electrons. The number of aromatic nitrogens is 2. The van der Waals surface area contributed by atoms with Gasteiger partial charge in [-0.15, -0.1) is 0 Å². The summed E-state index contributed by atoms with van der Waals surface area (Å²) >= 11 is 0. The molecule has 1 fully saturated rings. The van der Waals surface area contributed by atoms with Crippen LogP contribution in [-0.4, -0.2) is 22.8 Å². The number of rotatable bonds is 1. The van der Waals surface area contributed by atoms with Gasteiger partial charge in [-0.1, -0.05) is 23.0 Å². The lowest BCUT2D eigenvalue weighted by Crippen LogP contribution is -2.32. The van der Waals surface area contributed by atoms with Crippen molar-refractivity contribution in [2.75, 3.05) is 17.2 Å². The summed E-state index contributed by atoms with van der Waals surface area (Å²) in [5.41, 5.74) is 5.40. The van der Waals surface area contributed by atoms with E-state index >= 15 is 0 Å². The zero-order valence-corrected chi connectivity index (χ0v) is 8.44. The highest BCUT2D eigenvalue weighted by molar-refractivity contribution is 5.29. The highest BCUT2D eigenvalue weighted by Gasteiger charge is 2.21. The van der Waals surface area contributed by atoms with Gasteiger partial charge >= 0.3 is 12.0 Å². The third kappa shape index (κ3) is 1.81. The lowest BCUT2D eigenvalue weighted by Gasteiger charge is -2.24. The first-order valence-corrected chi connectivity index (χ1v) is 5.13. The standard InChI is InChI=1S/C9H16N4O/c1-7-5-3-2-4-6-13(7)9-12-11-8(10)14-9/h7H,2-6H2,1H3,(H2,10,11). The number of hydrogen-bond donors (Lipinski definition) is 1. The number of nitrogens with two attached hydrogens (primary N) is 1. The van der Waals surface area contributed by atoms with E-state index in [0.717, 1.165) is 6.54 Å². The minimum atomic E-state index is 0.149. The summed E-state index contributed by atoms with van der Waals surface area (Å²) in [5, 5.41) is 7.59. The van der Waals surface area contributed by atoms with Crippen molar-refractivity contribution in [3.63, 3.8) is 0 Å². The molecule has 0 aliphatic carbocycles.